The predicted molar refractivity (Wildman–Crippen MR) is 62.3 cm³/mol. The molecule has 0 heterocycles. The van der Waals surface area contributed by atoms with Gasteiger partial charge < -0.3 is 15.4 Å². The third kappa shape index (κ3) is 5.38. The van der Waals surface area contributed by atoms with Gasteiger partial charge in [0, 0.05) is 10.0 Å². The molecule has 0 fully saturated rings. The summed E-state index contributed by atoms with van der Waals surface area (Å²) in [6, 6.07) is 8.27. The second-order valence-corrected chi connectivity index (χ2v) is 3.09. The van der Waals surface area contributed by atoms with Gasteiger partial charge in [0.25, 0.3) is 0 Å². The van der Waals surface area contributed by atoms with Crippen LogP contribution in [0.3, 0.4) is 0 Å². The van der Waals surface area contributed by atoms with Gasteiger partial charge in [-0.25, -0.2) is 4.79 Å². The molecule has 1 rings (SSSR count). The van der Waals surface area contributed by atoms with Gasteiger partial charge in [0.2, 0.25) is 0 Å². The molecule has 8 heteroatoms. The Morgan fingerprint density at radius 2 is 2.00 bits per heavy atom. The van der Waals surface area contributed by atoms with Crippen LogP contribution in [0.5, 0.6) is 0 Å². The van der Waals surface area contributed by atoms with E-state index in [0.29, 0.717) is 0 Å². The SMILES string of the molecule is [N-]=[N+]=NC(=O)NCNC(=O)OCc1ccccc1. The van der Waals surface area contributed by atoms with Crippen molar-refractivity contribution in [2.24, 2.45) is 5.11 Å². The molecule has 0 aliphatic carbocycles. The van der Waals surface area contributed by atoms with Crippen molar-refractivity contribution in [2.45, 2.75) is 6.61 Å². The average molecular weight is 249 g/mol. The summed E-state index contributed by atoms with van der Waals surface area (Å²) < 4.78 is 4.87. The van der Waals surface area contributed by atoms with Gasteiger partial charge in [-0.2, -0.15) is 0 Å². The fourth-order valence-electron chi connectivity index (χ4n) is 1.04. The number of rotatable bonds is 4. The lowest BCUT2D eigenvalue weighted by molar-refractivity contribution is 0.139. The second-order valence-electron chi connectivity index (χ2n) is 3.09. The van der Waals surface area contributed by atoms with Gasteiger partial charge in [0.15, 0.2) is 0 Å². The summed E-state index contributed by atoms with van der Waals surface area (Å²) in [5, 5.41) is 7.16. The van der Waals surface area contributed by atoms with Crippen LogP contribution >= 0.6 is 0 Å². The van der Waals surface area contributed by atoms with Crippen molar-refractivity contribution in [3.8, 4) is 0 Å². The zero-order valence-corrected chi connectivity index (χ0v) is 9.37. The Kier molecular flexibility index (Phi) is 5.58. The summed E-state index contributed by atoms with van der Waals surface area (Å²) in [4.78, 5) is 24.1. The number of amides is 3. The topological polar surface area (TPSA) is 116 Å². The van der Waals surface area contributed by atoms with Crippen LogP contribution in [-0.2, 0) is 11.3 Å². The Morgan fingerprint density at radius 1 is 1.28 bits per heavy atom. The number of nitrogens with one attached hydrogen (secondary N) is 2. The van der Waals surface area contributed by atoms with E-state index in [2.05, 4.69) is 20.7 Å². The molecular formula is C10H11N5O3. The highest BCUT2D eigenvalue weighted by Crippen LogP contribution is 2.00. The highest BCUT2D eigenvalue weighted by molar-refractivity contribution is 5.75. The minimum atomic E-state index is -0.874. The standard InChI is InChI=1S/C10H11N5O3/c11-15-14-9(16)12-7-13-10(17)18-6-8-4-2-1-3-5-8/h1-5H,6-7H2,(H,12,16)(H,13,17). The Bertz CT molecular complexity index is 456. The van der Waals surface area contributed by atoms with Crippen LogP contribution < -0.4 is 10.6 Å². The second kappa shape index (κ2) is 7.53. The number of carbonyl (C=O) groups excluding carboxylic acids is 2. The number of nitrogens with zero attached hydrogens (tertiary/aromatic N) is 3. The maximum absolute atomic E-state index is 11.2. The molecule has 0 aliphatic rings. The molecule has 3 amide bonds. The summed E-state index contributed by atoms with van der Waals surface area (Å²) >= 11 is 0. The van der Waals surface area contributed by atoms with Crippen molar-refractivity contribution in [3.05, 3.63) is 46.3 Å². The van der Waals surface area contributed by atoms with Gasteiger partial charge in [-0.15, -0.1) is 0 Å². The molecule has 0 bridgehead atoms. The number of azide groups is 1. The first-order valence-corrected chi connectivity index (χ1v) is 5.00. The van der Waals surface area contributed by atoms with E-state index in [-0.39, 0.29) is 13.3 Å². The van der Waals surface area contributed by atoms with E-state index in [0.717, 1.165) is 5.56 Å². The molecule has 1 aromatic carbocycles. The molecule has 0 saturated heterocycles. The summed E-state index contributed by atoms with van der Waals surface area (Å²) in [5.41, 5.74) is 8.79. The van der Waals surface area contributed by atoms with Crippen molar-refractivity contribution < 1.29 is 14.3 Å². The molecule has 0 atom stereocenters. The van der Waals surface area contributed by atoms with Crippen molar-refractivity contribution in [3.63, 3.8) is 0 Å². The van der Waals surface area contributed by atoms with Gasteiger partial charge in [-0.3, -0.25) is 4.79 Å². The normalized spacial score (nSPS) is 8.89. The van der Waals surface area contributed by atoms with Crippen LogP contribution in [0.1, 0.15) is 5.56 Å². The number of carbonyl (C=O) groups is 2. The first-order chi connectivity index (χ1) is 8.72. The van der Waals surface area contributed by atoms with Crippen molar-refractivity contribution in [1.82, 2.24) is 10.6 Å². The van der Waals surface area contributed by atoms with Crippen LogP contribution in [0.2, 0.25) is 0 Å². The summed E-state index contributed by atoms with van der Waals surface area (Å²) in [6.45, 7) is -0.0392. The molecular weight excluding hydrogens is 238 g/mol. The fourth-order valence-corrected chi connectivity index (χ4v) is 1.04. The third-order valence-electron chi connectivity index (χ3n) is 1.82. The Labute approximate surface area is 103 Å². The van der Waals surface area contributed by atoms with Gasteiger partial charge in [-0.05, 0) is 11.1 Å². The number of urea groups is 1. The first-order valence-electron chi connectivity index (χ1n) is 5.00. The van der Waals surface area contributed by atoms with E-state index in [9.17, 15) is 9.59 Å². The van der Waals surface area contributed by atoms with Gasteiger partial charge in [0.1, 0.15) is 6.61 Å². The van der Waals surface area contributed by atoms with Crippen molar-refractivity contribution in [1.29, 1.82) is 0 Å². The summed E-state index contributed by atoms with van der Waals surface area (Å²) in [7, 11) is 0. The van der Waals surface area contributed by atoms with Crippen LogP contribution in [0, 0.1) is 0 Å². The lowest BCUT2D eigenvalue weighted by Gasteiger charge is -2.06. The molecule has 0 saturated carbocycles. The quantitative estimate of drug-likeness (QED) is 0.367. The van der Waals surface area contributed by atoms with Crippen molar-refractivity contribution in [2.75, 3.05) is 6.67 Å². The lowest BCUT2D eigenvalue weighted by Crippen LogP contribution is -2.36. The molecule has 2 N–H and O–H groups in total. The first kappa shape index (κ1) is 13.3. The molecule has 1 aromatic rings. The molecule has 0 aliphatic heterocycles. The molecule has 0 unspecified atom stereocenters. The fraction of sp³-hybridized carbons (Fsp3) is 0.200. The monoisotopic (exact) mass is 249 g/mol. The summed E-state index contributed by atoms with van der Waals surface area (Å²) in [6.07, 6.45) is -0.680. The van der Waals surface area contributed by atoms with E-state index in [4.69, 9.17) is 10.3 Å². The molecule has 0 radical (unpaired) electrons. The molecule has 0 aromatic heterocycles. The van der Waals surface area contributed by atoms with E-state index >= 15 is 0 Å². The number of hydrogen-bond acceptors (Lipinski definition) is 3. The lowest BCUT2D eigenvalue weighted by atomic mass is 10.2. The molecule has 0 spiro atoms. The average Bonchev–Trinajstić information content (AvgIpc) is 2.38. The van der Waals surface area contributed by atoms with E-state index in [1.807, 2.05) is 30.3 Å². The third-order valence-corrected chi connectivity index (χ3v) is 1.82. The largest absolute Gasteiger partial charge is 0.445 e. The molecule has 18 heavy (non-hydrogen) atoms. The smallest absolute Gasteiger partial charge is 0.408 e. The molecule has 94 valence electrons. The number of alkyl carbamates (subject to hydrolysis) is 1. The number of benzene rings is 1. The van der Waals surface area contributed by atoms with Gasteiger partial charge in [-0.1, -0.05) is 30.3 Å². The van der Waals surface area contributed by atoms with Gasteiger partial charge >= 0.3 is 12.1 Å². The number of ether oxygens (including phenoxy) is 1. The van der Waals surface area contributed by atoms with E-state index in [1.54, 1.807) is 0 Å². The minimum Gasteiger partial charge on any atom is -0.445 e. The van der Waals surface area contributed by atoms with E-state index < -0.39 is 12.1 Å². The van der Waals surface area contributed by atoms with Crippen LogP contribution in [0.25, 0.3) is 10.4 Å². The Hall–Kier alpha value is -2.73. The highest BCUT2D eigenvalue weighted by Gasteiger charge is 2.02. The Balaban J connectivity index is 2.18. The highest BCUT2D eigenvalue weighted by atomic mass is 16.5. The zero-order chi connectivity index (χ0) is 13.2. The molecule has 8 nitrogen and oxygen atoms in total. The number of hydrogen-bond donors (Lipinski definition) is 2. The summed E-state index contributed by atoms with van der Waals surface area (Å²) in [5.74, 6) is 0. The maximum Gasteiger partial charge on any atom is 0.408 e. The zero-order valence-electron chi connectivity index (χ0n) is 9.37. The van der Waals surface area contributed by atoms with Crippen LogP contribution in [0.4, 0.5) is 9.59 Å². The minimum absolute atomic E-state index is 0.136. The van der Waals surface area contributed by atoms with E-state index in [1.165, 1.54) is 0 Å². The van der Waals surface area contributed by atoms with Crippen LogP contribution in [0.15, 0.2) is 35.4 Å². The van der Waals surface area contributed by atoms with Crippen LogP contribution in [-0.4, -0.2) is 18.8 Å². The van der Waals surface area contributed by atoms with Crippen molar-refractivity contribution >= 4 is 12.1 Å². The van der Waals surface area contributed by atoms with Gasteiger partial charge in [0.05, 0.1) is 6.67 Å². The maximum atomic E-state index is 11.2. The predicted octanol–water partition coefficient (Wildman–Crippen LogP) is 1.89. The Morgan fingerprint density at radius 3 is 2.67 bits per heavy atom.